The first-order chi connectivity index (χ1) is 10.5. The summed E-state index contributed by atoms with van der Waals surface area (Å²) in [4.78, 5) is 12.1. The Morgan fingerprint density at radius 3 is 2.68 bits per heavy atom. The zero-order valence-corrected chi connectivity index (χ0v) is 14.3. The van der Waals surface area contributed by atoms with Crippen LogP contribution in [0.1, 0.15) is 37.6 Å². The number of hydrogen-bond acceptors (Lipinski definition) is 4. The highest BCUT2D eigenvalue weighted by Crippen LogP contribution is 2.36. The van der Waals surface area contributed by atoms with E-state index in [1.807, 2.05) is 20.8 Å². The number of rotatable bonds is 9. The minimum atomic E-state index is -0.201. The quantitative estimate of drug-likeness (QED) is 0.706. The minimum absolute atomic E-state index is 0.199. The average molecular weight is 330 g/mol. The van der Waals surface area contributed by atoms with Crippen LogP contribution >= 0.6 is 11.6 Å². The van der Waals surface area contributed by atoms with Crippen LogP contribution in [0.25, 0.3) is 0 Å². The van der Waals surface area contributed by atoms with Crippen molar-refractivity contribution < 1.29 is 19.0 Å². The molecule has 0 radical (unpaired) electrons. The lowest BCUT2D eigenvalue weighted by Gasteiger charge is -2.13. The number of carbonyl (C=O) groups excluding carboxylic acids is 1. The maximum Gasteiger partial charge on any atom is 0.251 e. The first-order valence-electron chi connectivity index (χ1n) is 7.39. The molecule has 6 heteroatoms. The van der Waals surface area contributed by atoms with Crippen LogP contribution in [0.4, 0.5) is 0 Å². The highest BCUT2D eigenvalue weighted by molar-refractivity contribution is 6.32. The fourth-order valence-corrected chi connectivity index (χ4v) is 2.10. The molecule has 0 heterocycles. The van der Waals surface area contributed by atoms with E-state index in [9.17, 15) is 4.79 Å². The summed E-state index contributed by atoms with van der Waals surface area (Å²) in [5, 5.41) is 3.18. The van der Waals surface area contributed by atoms with Crippen molar-refractivity contribution in [3.63, 3.8) is 0 Å². The van der Waals surface area contributed by atoms with Crippen LogP contribution in [0.2, 0.25) is 5.02 Å². The molecule has 0 saturated heterocycles. The Hall–Kier alpha value is -1.46. The number of hydrogen-bond donors (Lipinski definition) is 1. The Kier molecular flexibility index (Phi) is 8.06. The van der Waals surface area contributed by atoms with Gasteiger partial charge in [-0.15, -0.1) is 0 Å². The summed E-state index contributed by atoms with van der Waals surface area (Å²) in [7, 11) is 1.51. The maximum absolute atomic E-state index is 12.1. The third kappa shape index (κ3) is 5.73. The Morgan fingerprint density at radius 2 is 2.09 bits per heavy atom. The number of amides is 1. The molecule has 5 nitrogen and oxygen atoms in total. The molecule has 0 aromatic heterocycles. The van der Waals surface area contributed by atoms with Crippen molar-refractivity contribution in [1.82, 2.24) is 5.32 Å². The van der Waals surface area contributed by atoms with E-state index in [1.165, 1.54) is 7.11 Å². The van der Waals surface area contributed by atoms with Gasteiger partial charge in [0.25, 0.3) is 5.91 Å². The van der Waals surface area contributed by atoms with Gasteiger partial charge in [-0.1, -0.05) is 11.6 Å². The molecule has 1 aromatic carbocycles. The molecular weight excluding hydrogens is 306 g/mol. The summed E-state index contributed by atoms with van der Waals surface area (Å²) < 4.78 is 16.1. The number of nitrogens with one attached hydrogen (secondary N) is 1. The van der Waals surface area contributed by atoms with Crippen molar-refractivity contribution in [2.24, 2.45) is 0 Å². The molecule has 0 aliphatic heterocycles. The molecule has 124 valence electrons. The molecule has 0 aliphatic carbocycles. The summed E-state index contributed by atoms with van der Waals surface area (Å²) in [5.41, 5.74) is 0.440. The zero-order chi connectivity index (χ0) is 16.5. The monoisotopic (exact) mass is 329 g/mol. The van der Waals surface area contributed by atoms with Gasteiger partial charge in [0.15, 0.2) is 11.5 Å². The molecule has 0 aliphatic rings. The van der Waals surface area contributed by atoms with E-state index in [1.54, 1.807) is 12.1 Å². The van der Waals surface area contributed by atoms with Crippen LogP contribution in [0.15, 0.2) is 12.1 Å². The third-order valence-electron chi connectivity index (χ3n) is 2.84. The summed E-state index contributed by atoms with van der Waals surface area (Å²) in [6, 6.07) is 3.20. The van der Waals surface area contributed by atoms with E-state index in [0.29, 0.717) is 41.8 Å². The van der Waals surface area contributed by atoms with E-state index in [-0.39, 0.29) is 12.0 Å². The van der Waals surface area contributed by atoms with Crippen molar-refractivity contribution in [3.05, 3.63) is 22.7 Å². The van der Waals surface area contributed by atoms with Crippen molar-refractivity contribution in [1.29, 1.82) is 0 Å². The molecule has 0 bridgehead atoms. The molecular formula is C16H24ClNO4. The Morgan fingerprint density at radius 1 is 1.36 bits per heavy atom. The van der Waals surface area contributed by atoms with Gasteiger partial charge in [-0.05, 0) is 39.3 Å². The molecule has 1 rings (SSSR count). The number of benzene rings is 1. The fourth-order valence-electron chi connectivity index (χ4n) is 1.83. The fraction of sp³-hybridized carbons (Fsp3) is 0.562. The molecule has 0 spiro atoms. The zero-order valence-electron chi connectivity index (χ0n) is 13.6. The van der Waals surface area contributed by atoms with Crippen molar-refractivity contribution in [2.75, 3.05) is 26.9 Å². The Bertz CT molecular complexity index is 491. The van der Waals surface area contributed by atoms with Gasteiger partial charge in [0.2, 0.25) is 0 Å². The second-order valence-corrected chi connectivity index (χ2v) is 5.36. The Balaban J connectivity index is 2.64. The third-order valence-corrected chi connectivity index (χ3v) is 3.12. The van der Waals surface area contributed by atoms with E-state index < -0.39 is 0 Å². The summed E-state index contributed by atoms with van der Waals surface area (Å²) in [6.07, 6.45) is 0.955. The van der Waals surface area contributed by atoms with E-state index in [2.05, 4.69) is 5.32 Å². The largest absolute Gasteiger partial charge is 0.493 e. The lowest BCUT2D eigenvalue weighted by Crippen LogP contribution is -2.25. The average Bonchev–Trinajstić information content (AvgIpc) is 2.48. The molecule has 1 amide bonds. The highest BCUT2D eigenvalue weighted by atomic mass is 35.5. The molecule has 1 aromatic rings. The SMILES string of the molecule is CCOc1c(Cl)cc(C(=O)NCCCOC(C)C)cc1OC. The molecule has 22 heavy (non-hydrogen) atoms. The second-order valence-electron chi connectivity index (χ2n) is 4.95. The number of methoxy groups -OCH3 is 1. The lowest BCUT2D eigenvalue weighted by molar-refractivity contribution is 0.0757. The van der Waals surface area contributed by atoms with Crippen molar-refractivity contribution in [3.8, 4) is 11.5 Å². The van der Waals surface area contributed by atoms with Gasteiger partial charge in [-0.2, -0.15) is 0 Å². The van der Waals surface area contributed by atoms with E-state index >= 15 is 0 Å². The molecule has 0 saturated carbocycles. The van der Waals surface area contributed by atoms with E-state index in [4.69, 9.17) is 25.8 Å². The highest BCUT2D eigenvalue weighted by Gasteiger charge is 2.15. The van der Waals surface area contributed by atoms with Gasteiger partial charge in [-0.3, -0.25) is 4.79 Å². The van der Waals surface area contributed by atoms with Crippen molar-refractivity contribution >= 4 is 17.5 Å². The van der Waals surface area contributed by atoms with Gasteiger partial charge >= 0.3 is 0 Å². The predicted molar refractivity (Wildman–Crippen MR) is 87.2 cm³/mol. The number of carbonyl (C=O) groups is 1. The van der Waals surface area contributed by atoms with Gasteiger partial charge in [-0.25, -0.2) is 0 Å². The smallest absolute Gasteiger partial charge is 0.251 e. The topological polar surface area (TPSA) is 56.8 Å². The van der Waals surface area contributed by atoms with Gasteiger partial charge < -0.3 is 19.5 Å². The molecule has 0 unspecified atom stereocenters. The van der Waals surface area contributed by atoms with Gasteiger partial charge in [0.05, 0.1) is 24.8 Å². The van der Waals surface area contributed by atoms with E-state index in [0.717, 1.165) is 6.42 Å². The van der Waals surface area contributed by atoms with Crippen LogP contribution in [0, 0.1) is 0 Å². The number of halogens is 1. The van der Waals surface area contributed by atoms with Gasteiger partial charge in [0, 0.05) is 18.7 Å². The standard InChI is InChI=1S/C16H24ClNO4/c1-5-21-15-13(17)9-12(10-14(15)20-4)16(19)18-7-6-8-22-11(2)3/h9-11H,5-8H2,1-4H3,(H,18,19). The second kappa shape index (κ2) is 9.54. The van der Waals surface area contributed by atoms with Crippen molar-refractivity contribution in [2.45, 2.75) is 33.3 Å². The first kappa shape index (κ1) is 18.6. The first-order valence-corrected chi connectivity index (χ1v) is 7.77. The summed E-state index contributed by atoms with van der Waals surface area (Å²) >= 11 is 6.15. The van der Waals surface area contributed by atoms with Crippen LogP contribution in [0.3, 0.4) is 0 Å². The normalized spacial score (nSPS) is 10.6. The van der Waals surface area contributed by atoms with Crippen LogP contribution in [-0.2, 0) is 4.74 Å². The molecule has 0 atom stereocenters. The van der Waals surface area contributed by atoms with Crippen LogP contribution < -0.4 is 14.8 Å². The molecule has 0 fully saturated rings. The van der Waals surface area contributed by atoms with Gasteiger partial charge in [0.1, 0.15) is 0 Å². The molecule has 1 N–H and O–H groups in total. The Labute approximate surface area is 136 Å². The lowest BCUT2D eigenvalue weighted by atomic mass is 10.2. The summed E-state index contributed by atoms with van der Waals surface area (Å²) in [6.45, 7) is 7.44. The van der Waals surface area contributed by atoms with Crippen LogP contribution in [0.5, 0.6) is 11.5 Å². The minimum Gasteiger partial charge on any atom is -0.493 e. The maximum atomic E-state index is 12.1. The summed E-state index contributed by atoms with van der Waals surface area (Å²) in [5.74, 6) is 0.698. The number of ether oxygens (including phenoxy) is 3. The van der Waals surface area contributed by atoms with Crippen LogP contribution in [-0.4, -0.2) is 38.9 Å². The predicted octanol–water partition coefficient (Wildman–Crippen LogP) is 3.29.